The van der Waals surface area contributed by atoms with Crippen molar-refractivity contribution in [3.8, 4) is 0 Å². The van der Waals surface area contributed by atoms with Gasteiger partial charge in [0.15, 0.2) is 0 Å². The Kier molecular flexibility index (Phi) is 3.02. The largest absolute Gasteiger partial charge is 0.467 e. The van der Waals surface area contributed by atoms with Crippen molar-refractivity contribution in [1.82, 2.24) is 4.98 Å². The first-order chi connectivity index (χ1) is 9.65. The number of pyridine rings is 1. The molecule has 0 atom stereocenters. The van der Waals surface area contributed by atoms with Crippen LogP contribution in [0.25, 0.3) is 0 Å². The van der Waals surface area contributed by atoms with Crippen molar-refractivity contribution in [2.75, 3.05) is 10.6 Å². The second-order valence-corrected chi connectivity index (χ2v) is 4.77. The number of aromatic nitrogens is 1. The van der Waals surface area contributed by atoms with Crippen LogP contribution in [-0.4, -0.2) is 15.9 Å². The van der Waals surface area contributed by atoms with Crippen LogP contribution in [0.2, 0.25) is 0 Å². The quantitative estimate of drug-likeness (QED) is 0.663. The third-order valence-corrected chi connectivity index (χ3v) is 3.27. The van der Waals surface area contributed by atoms with Crippen molar-refractivity contribution in [3.63, 3.8) is 0 Å². The van der Waals surface area contributed by atoms with Gasteiger partial charge in [-0.25, -0.2) is 4.98 Å². The van der Waals surface area contributed by atoms with E-state index in [9.17, 15) is 10.1 Å². The van der Waals surface area contributed by atoms with E-state index in [2.05, 4.69) is 9.88 Å². The van der Waals surface area contributed by atoms with Crippen LogP contribution < -0.4 is 10.6 Å². The lowest BCUT2D eigenvalue weighted by molar-refractivity contribution is -0.384. The highest BCUT2D eigenvalue weighted by Crippen LogP contribution is 2.33. The third kappa shape index (κ3) is 2.42. The monoisotopic (exact) mass is 274 g/mol. The van der Waals surface area contributed by atoms with Gasteiger partial charge in [0.1, 0.15) is 11.6 Å². The summed E-state index contributed by atoms with van der Waals surface area (Å²) in [5.74, 6) is 1.42. The summed E-state index contributed by atoms with van der Waals surface area (Å²) in [6.07, 6.45) is 3.79. The predicted molar refractivity (Wildman–Crippen MR) is 73.2 cm³/mol. The van der Waals surface area contributed by atoms with Gasteiger partial charge < -0.3 is 15.1 Å². The van der Waals surface area contributed by atoms with Gasteiger partial charge in [0, 0.05) is 12.1 Å². The van der Waals surface area contributed by atoms with E-state index >= 15 is 0 Å². The van der Waals surface area contributed by atoms with E-state index in [-0.39, 0.29) is 11.5 Å². The smallest absolute Gasteiger partial charge is 0.311 e. The number of rotatable bonds is 5. The molecule has 1 fully saturated rings. The predicted octanol–water partition coefficient (Wildman–Crippen LogP) is 2.33. The fourth-order valence-electron chi connectivity index (χ4n) is 2.12. The average Bonchev–Trinajstić information content (AvgIpc) is 3.12. The van der Waals surface area contributed by atoms with E-state index in [1.54, 1.807) is 12.3 Å². The molecule has 0 aromatic carbocycles. The van der Waals surface area contributed by atoms with Gasteiger partial charge in [-0.3, -0.25) is 10.1 Å². The molecule has 0 amide bonds. The standard InChI is InChI=1S/C13H14N4O3/c14-13-11(17(18)19)5-6-12(15-13)16(9-3-4-9)8-10-2-1-7-20-10/h1-2,5-7,9H,3-4,8H2,(H2,14,15). The highest BCUT2D eigenvalue weighted by atomic mass is 16.6. The van der Waals surface area contributed by atoms with Crippen LogP contribution in [0.3, 0.4) is 0 Å². The number of nitrogens with zero attached hydrogens (tertiary/aromatic N) is 3. The van der Waals surface area contributed by atoms with Crippen LogP contribution >= 0.6 is 0 Å². The molecule has 0 aliphatic heterocycles. The summed E-state index contributed by atoms with van der Waals surface area (Å²) in [5.41, 5.74) is 5.49. The second kappa shape index (κ2) is 4.84. The van der Waals surface area contributed by atoms with Crippen molar-refractivity contribution in [2.45, 2.75) is 25.4 Å². The van der Waals surface area contributed by atoms with E-state index in [0.717, 1.165) is 18.6 Å². The first kappa shape index (κ1) is 12.5. The van der Waals surface area contributed by atoms with Gasteiger partial charge in [-0.05, 0) is 31.0 Å². The Labute approximate surface area is 115 Å². The van der Waals surface area contributed by atoms with Crippen LogP contribution in [-0.2, 0) is 6.54 Å². The molecule has 7 nitrogen and oxygen atoms in total. The molecule has 1 aliphatic rings. The summed E-state index contributed by atoms with van der Waals surface area (Å²) in [6.45, 7) is 0.585. The molecule has 7 heteroatoms. The lowest BCUT2D eigenvalue weighted by atomic mass is 10.3. The summed E-state index contributed by atoms with van der Waals surface area (Å²) >= 11 is 0. The van der Waals surface area contributed by atoms with E-state index in [0.29, 0.717) is 18.4 Å². The summed E-state index contributed by atoms with van der Waals surface area (Å²) in [5, 5.41) is 10.8. The fourth-order valence-corrected chi connectivity index (χ4v) is 2.12. The topological polar surface area (TPSA) is 98.4 Å². The SMILES string of the molecule is Nc1nc(N(Cc2ccco2)C2CC2)ccc1[N+](=O)[O-]. The van der Waals surface area contributed by atoms with E-state index in [1.807, 2.05) is 12.1 Å². The minimum Gasteiger partial charge on any atom is -0.467 e. The van der Waals surface area contributed by atoms with E-state index in [1.165, 1.54) is 6.07 Å². The molecule has 20 heavy (non-hydrogen) atoms. The molecule has 0 bridgehead atoms. The van der Waals surface area contributed by atoms with Crippen LogP contribution in [0.4, 0.5) is 17.3 Å². The van der Waals surface area contributed by atoms with Crippen LogP contribution in [0.1, 0.15) is 18.6 Å². The number of furan rings is 1. The minimum absolute atomic E-state index is 0.0578. The second-order valence-electron chi connectivity index (χ2n) is 4.77. The Bertz CT molecular complexity index is 623. The van der Waals surface area contributed by atoms with Crippen LogP contribution in [0.15, 0.2) is 34.9 Å². The molecule has 2 heterocycles. The Morgan fingerprint density at radius 2 is 2.25 bits per heavy atom. The zero-order valence-corrected chi connectivity index (χ0v) is 10.7. The Hall–Kier alpha value is -2.57. The molecular weight excluding hydrogens is 260 g/mol. The van der Waals surface area contributed by atoms with Crippen molar-refractivity contribution >= 4 is 17.3 Å². The Morgan fingerprint density at radius 1 is 1.45 bits per heavy atom. The van der Waals surface area contributed by atoms with Gasteiger partial charge in [0.2, 0.25) is 5.82 Å². The van der Waals surface area contributed by atoms with Crippen molar-refractivity contribution < 1.29 is 9.34 Å². The third-order valence-electron chi connectivity index (χ3n) is 3.27. The molecule has 0 radical (unpaired) electrons. The highest BCUT2D eigenvalue weighted by Gasteiger charge is 2.31. The van der Waals surface area contributed by atoms with E-state index < -0.39 is 4.92 Å². The van der Waals surface area contributed by atoms with Gasteiger partial charge in [-0.15, -0.1) is 0 Å². The molecule has 2 aromatic rings. The lowest BCUT2D eigenvalue weighted by Crippen LogP contribution is -2.26. The summed E-state index contributed by atoms with van der Waals surface area (Å²) in [7, 11) is 0. The maximum atomic E-state index is 10.8. The number of hydrogen-bond acceptors (Lipinski definition) is 6. The Morgan fingerprint density at radius 3 is 2.80 bits per heavy atom. The summed E-state index contributed by atoms with van der Waals surface area (Å²) in [4.78, 5) is 16.5. The summed E-state index contributed by atoms with van der Waals surface area (Å²) < 4.78 is 5.35. The summed E-state index contributed by atoms with van der Waals surface area (Å²) in [6, 6.07) is 7.15. The lowest BCUT2D eigenvalue weighted by Gasteiger charge is -2.22. The maximum Gasteiger partial charge on any atom is 0.311 e. The maximum absolute atomic E-state index is 10.8. The number of anilines is 2. The van der Waals surface area contributed by atoms with Crippen molar-refractivity contribution in [3.05, 3.63) is 46.4 Å². The van der Waals surface area contributed by atoms with E-state index in [4.69, 9.17) is 10.2 Å². The molecule has 3 rings (SSSR count). The number of nitro groups is 1. The normalized spacial score (nSPS) is 14.2. The molecule has 2 aromatic heterocycles. The molecule has 0 unspecified atom stereocenters. The molecule has 0 saturated heterocycles. The molecular formula is C13H14N4O3. The zero-order valence-electron chi connectivity index (χ0n) is 10.7. The molecule has 1 saturated carbocycles. The van der Waals surface area contributed by atoms with Gasteiger partial charge in [0.05, 0.1) is 17.7 Å². The van der Waals surface area contributed by atoms with Gasteiger partial charge in [0.25, 0.3) is 0 Å². The van der Waals surface area contributed by atoms with Crippen molar-refractivity contribution in [1.29, 1.82) is 0 Å². The number of nitrogens with two attached hydrogens (primary N) is 1. The van der Waals surface area contributed by atoms with Crippen molar-refractivity contribution in [2.24, 2.45) is 0 Å². The molecule has 2 N–H and O–H groups in total. The average molecular weight is 274 g/mol. The molecule has 104 valence electrons. The van der Waals surface area contributed by atoms with Gasteiger partial charge in [-0.1, -0.05) is 0 Å². The molecule has 1 aliphatic carbocycles. The fraction of sp³-hybridized carbons (Fsp3) is 0.308. The first-order valence-electron chi connectivity index (χ1n) is 6.35. The highest BCUT2D eigenvalue weighted by molar-refractivity contribution is 5.58. The van der Waals surface area contributed by atoms with Gasteiger partial charge >= 0.3 is 5.69 Å². The zero-order chi connectivity index (χ0) is 14.1. The Balaban J connectivity index is 1.88. The molecule has 0 spiro atoms. The number of hydrogen-bond donors (Lipinski definition) is 1. The first-order valence-corrected chi connectivity index (χ1v) is 6.35. The van der Waals surface area contributed by atoms with Crippen LogP contribution in [0.5, 0.6) is 0 Å². The van der Waals surface area contributed by atoms with Crippen LogP contribution in [0, 0.1) is 10.1 Å². The minimum atomic E-state index is -0.528. The van der Waals surface area contributed by atoms with Gasteiger partial charge in [-0.2, -0.15) is 0 Å². The number of nitrogen functional groups attached to an aromatic ring is 1.